The lowest BCUT2D eigenvalue weighted by Gasteiger charge is -2.37. The van der Waals surface area contributed by atoms with E-state index in [1.165, 1.54) is 9.87 Å². The average Bonchev–Trinajstić information content (AvgIpc) is 3.03. The maximum absolute atomic E-state index is 13.2. The maximum atomic E-state index is 13.2. The highest BCUT2D eigenvalue weighted by Crippen LogP contribution is 2.60. The van der Waals surface area contributed by atoms with E-state index in [1.54, 1.807) is 17.4 Å². The van der Waals surface area contributed by atoms with Crippen LogP contribution in [0.2, 0.25) is 0 Å². The summed E-state index contributed by atoms with van der Waals surface area (Å²) in [6, 6.07) is 6.02. The number of nitrogens with zero attached hydrogens (tertiary/aromatic N) is 2. The number of carbonyl (C=O) groups is 1. The van der Waals surface area contributed by atoms with Gasteiger partial charge in [-0.25, -0.2) is 13.2 Å². The second kappa shape index (κ2) is 9.47. The molecule has 0 saturated carbocycles. The normalized spacial score (nSPS) is 20.6. The van der Waals surface area contributed by atoms with Gasteiger partial charge in [-0.15, -0.1) is 0 Å². The van der Waals surface area contributed by atoms with Gasteiger partial charge in [-0.05, 0) is 73.4 Å². The number of carbonyl (C=O) groups excluding carboxylic acids is 1. The van der Waals surface area contributed by atoms with Gasteiger partial charge < -0.3 is 18.5 Å². The third kappa shape index (κ3) is 5.03. The van der Waals surface area contributed by atoms with E-state index in [0.717, 1.165) is 41.8 Å². The first-order valence-electron chi connectivity index (χ1n) is 10.8. The highest BCUT2D eigenvalue weighted by atomic mass is 32.5. The number of ether oxygens (including phenoxy) is 2. The number of fused-ring (bicyclic) bond motifs is 1. The minimum atomic E-state index is -2.83. The quantitative estimate of drug-likeness (QED) is 0.329. The van der Waals surface area contributed by atoms with E-state index in [4.69, 9.17) is 30.3 Å². The SMILES string of the molecule is Cc1ccc(N(SN(C)C(=O)OC2=C3OC=CC=C3CC2(C)C)P2(=S)OCCCO2)cc1C. The van der Waals surface area contributed by atoms with Crippen molar-refractivity contribution in [3.63, 3.8) is 0 Å². The van der Waals surface area contributed by atoms with E-state index in [2.05, 4.69) is 6.92 Å². The van der Waals surface area contributed by atoms with Gasteiger partial charge in [0.2, 0.25) is 0 Å². The van der Waals surface area contributed by atoms with Crippen LogP contribution in [0.5, 0.6) is 0 Å². The van der Waals surface area contributed by atoms with Crippen LogP contribution >= 0.6 is 18.8 Å². The third-order valence-electron chi connectivity index (χ3n) is 5.68. The number of amides is 1. The molecule has 1 saturated heterocycles. The van der Waals surface area contributed by atoms with Gasteiger partial charge in [0.1, 0.15) is 0 Å². The summed E-state index contributed by atoms with van der Waals surface area (Å²) in [6.07, 6.45) is 6.44. The van der Waals surface area contributed by atoms with Gasteiger partial charge in [0, 0.05) is 12.5 Å². The second-order valence-electron chi connectivity index (χ2n) is 8.83. The van der Waals surface area contributed by atoms with Crippen LogP contribution < -0.4 is 4.08 Å². The molecule has 0 spiro atoms. The Labute approximate surface area is 204 Å². The average molecular weight is 509 g/mol. The monoisotopic (exact) mass is 508 g/mol. The van der Waals surface area contributed by atoms with Crippen molar-refractivity contribution in [1.29, 1.82) is 0 Å². The number of anilines is 1. The van der Waals surface area contributed by atoms with E-state index in [9.17, 15) is 4.79 Å². The van der Waals surface area contributed by atoms with Crippen LogP contribution in [0.25, 0.3) is 0 Å². The molecule has 2 aliphatic heterocycles. The number of hydrogen-bond donors (Lipinski definition) is 0. The van der Waals surface area contributed by atoms with Gasteiger partial charge in [-0.1, -0.05) is 26.0 Å². The molecule has 3 aliphatic rings. The smallest absolute Gasteiger partial charge is 0.426 e. The van der Waals surface area contributed by atoms with Crippen molar-refractivity contribution in [2.75, 3.05) is 24.3 Å². The first-order valence-corrected chi connectivity index (χ1v) is 14.1. The molecule has 178 valence electrons. The molecular weight excluding hydrogens is 479 g/mol. The van der Waals surface area contributed by atoms with Crippen LogP contribution in [0.4, 0.5) is 10.5 Å². The summed E-state index contributed by atoms with van der Waals surface area (Å²) in [7, 11) is 1.65. The van der Waals surface area contributed by atoms with Crippen molar-refractivity contribution in [3.8, 4) is 0 Å². The lowest BCUT2D eigenvalue weighted by atomic mass is 9.90. The fourth-order valence-corrected chi connectivity index (χ4v) is 7.66. The summed E-state index contributed by atoms with van der Waals surface area (Å²) in [6.45, 7) is 6.38. The van der Waals surface area contributed by atoms with Crippen LogP contribution in [0, 0.1) is 19.3 Å². The highest BCUT2D eigenvalue weighted by molar-refractivity contribution is 8.19. The predicted octanol–water partition coefficient (Wildman–Crippen LogP) is 6.51. The Bertz CT molecular complexity index is 1090. The minimum absolute atomic E-state index is 0.357. The molecule has 1 aromatic rings. The van der Waals surface area contributed by atoms with E-state index in [1.807, 2.05) is 51.1 Å². The van der Waals surface area contributed by atoms with Crippen LogP contribution in [0.1, 0.15) is 37.8 Å². The third-order valence-corrected chi connectivity index (χ3v) is 10.4. The summed E-state index contributed by atoms with van der Waals surface area (Å²) < 4.78 is 26.7. The molecular formula is C23H29N2O5PS2. The summed E-state index contributed by atoms with van der Waals surface area (Å²) >= 11 is 6.98. The van der Waals surface area contributed by atoms with Crippen LogP contribution in [0.3, 0.4) is 0 Å². The Hall–Kier alpha value is -1.77. The Morgan fingerprint density at radius 1 is 1.21 bits per heavy atom. The molecule has 0 aromatic heterocycles. The van der Waals surface area contributed by atoms with Crippen LogP contribution in [-0.2, 0) is 30.3 Å². The van der Waals surface area contributed by atoms with Gasteiger partial charge in [-0.2, -0.15) is 0 Å². The molecule has 7 nitrogen and oxygen atoms in total. The van der Waals surface area contributed by atoms with Gasteiger partial charge in [-0.3, -0.25) is 0 Å². The van der Waals surface area contributed by atoms with Crippen molar-refractivity contribution in [3.05, 3.63) is 64.8 Å². The maximum Gasteiger partial charge on any atom is 0.426 e. The minimum Gasteiger partial charge on any atom is -0.461 e. The van der Waals surface area contributed by atoms with E-state index >= 15 is 0 Å². The van der Waals surface area contributed by atoms with Crippen molar-refractivity contribution in [2.45, 2.75) is 40.5 Å². The lowest BCUT2D eigenvalue weighted by Crippen LogP contribution is -2.30. The van der Waals surface area contributed by atoms with Crippen molar-refractivity contribution < 1.29 is 23.3 Å². The second-order valence-corrected chi connectivity index (χ2v) is 13.4. The molecule has 4 rings (SSSR count). The number of rotatable bonds is 5. The van der Waals surface area contributed by atoms with E-state index in [-0.39, 0.29) is 5.41 Å². The van der Waals surface area contributed by atoms with Crippen molar-refractivity contribution in [1.82, 2.24) is 4.31 Å². The Morgan fingerprint density at radius 2 is 1.94 bits per heavy atom. The summed E-state index contributed by atoms with van der Waals surface area (Å²) in [5.74, 6) is 1.15. The van der Waals surface area contributed by atoms with Gasteiger partial charge in [0.25, 0.3) is 0 Å². The molecule has 0 bridgehead atoms. The topological polar surface area (TPSA) is 60.5 Å². The lowest BCUT2D eigenvalue weighted by molar-refractivity contribution is 0.134. The van der Waals surface area contributed by atoms with Gasteiger partial charge in [0.05, 0.1) is 37.3 Å². The highest BCUT2D eigenvalue weighted by Gasteiger charge is 2.42. The van der Waals surface area contributed by atoms with Crippen LogP contribution in [-0.4, -0.2) is 30.7 Å². The zero-order valence-corrected chi connectivity index (χ0v) is 22.0. The molecule has 0 unspecified atom stereocenters. The van der Waals surface area contributed by atoms with Gasteiger partial charge in [0.15, 0.2) is 11.5 Å². The summed E-state index contributed by atoms with van der Waals surface area (Å²) in [5, 5.41) is 0. The Kier molecular flexibility index (Phi) is 6.99. The number of benzene rings is 1. The van der Waals surface area contributed by atoms with Crippen LogP contribution in [0.15, 0.2) is 53.7 Å². The molecule has 0 N–H and O–H groups in total. The molecule has 1 aliphatic carbocycles. The predicted molar refractivity (Wildman–Crippen MR) is 135 cm³/mol. The molecule has 10 heteroatoms. The Morgan fingerprint density at radius 3 is 2.64 bits per heavy atom. The standard InChI is InChI=1S/C23H29N2O5PS2/c1-16-9-10-19(14-17(16)2)25(31(32)28-12-7-13-29-31)33-24(5)22(26)30-21-20-18(8-6-11-27-20)15-23(21,3)4/h6,8-11,14H,7,12-13,15H2,1-5H3. The number of allylic oxidation sites excluding steroid dienone is 4. The van der Waals surface area contributed by atoms with Gasteiger partial charge >= 0.3 is 12.7 Å². The number of hydrogen-bond acceptors (Lipinski definition) is 7. The molecule has 1 aromatic carbocycles. The first-order chi connectivity index (χ1) is 15.6. The molecule has 0 radical (unpaired) electrons. The zero-order valence-electron chi connectivity index (χ0n) is 19.5. The van der Waals surface area contributed by atoms with Crippen molar-refractivity contribution >= 4 is 42.4 Å². The van der Waals surface area contributed by atoms with Crippen molar-refractivity contribution in [2.24, 2.45) is 5.41 Å². The molecule has 0 atom stereocenters. The number of aryl methyl sites for hydroxylation is 2. The molecule has 1 amide bonds. The largest absolute Gasteiger partial charge is 0.461 e. The summed E-state index contributed by atoms with van der Waals surface area (Å²) in [5.41, 5.74) is 3.77. The van der Waals surface area contributed by atoms with E-state index < -0.39 is 12.7 Å². The molecule has 1 fully saturated rings. The Balaban J connectivity index is 1.58. The fourth-order valence-electron chi connectivity index (χ4n) is 3.74. The molecule has 33 heavy (non-hydrogen) atoms. The first kappa shape index (κ1) is 24.4. The fraction of sp³-hybridized carbons (Fsp3) is 0.435. The van der Waals surface area contributed by atoms with E-state index in [0.29, 0.717) is 24.7 Å². The zero-order chi connectivity index (χ0) is 23.8. The summed E-state index contributed by atoms with van der Waals surface area (Å²) in [4.78, 5) is 13.2. The molecule has 2 heterocycles.